The second kappa shape index (κ2) is 4.65. The molecule has 0 aromatic carbocycles. The van der Waals surface area contributed by atoms with Crippen LogP contribution in [0.2, 0.25) is 0 Å². The third-order valence-electron chi connectivity index (χ3n) is 3.40. The molecule has 0 radical (unpaired) electrons. The van der Waals surface area contributed by atoms with Gasteiger partial charge in [0.2, 0.25) is 5.91 Å². The molecule has 1 aliphatic rings. The number of hydrogen-bond acceptors (Lipinski definition) is 2. The van der Waals surface area contributed by atoms with Crippen LogP contribution in [0.25, 0.3) is 0 Å². The number of nitrogens with zero attached hydrogens (tertiary/aromatic N) is 2. The van der Waals surface area contributed by atoms with E-state index in [9.17, 15) is 4.79 Å². The molecule has 0 unspecified atom stereocenters. The molecule has 1 rings (SSSR count). The van der Waals surface area contributed by atoms with Gasteiger partial charge in [0.1, 0.15) is 5.54 Å². The molecule has 0 saturated heterocycles. The van der Waals surface area contributed by atoms with E-state index in [0.29, 0.717) is 0 Å². The van der Waals surface area contributed by atoms with Crippen molar-refractivity contribution in [3.05, 3.63) is 0 Å². The van der Waals surface area contributed by atoms with Crippen LogP contribution in [0.1, 0.15) is 46.0 Å². The summed E-state index contributed by atoms with van der Waals surface area (Å²) in [4.78, 5) is 13.7. The van der Waals surface area contributed by atoms with Crippen LogP contribution in [0.4, 0.5) is 0 Å². The van der Waals surface area contributed by atoms with Crippen molar-refractivity contribution in [3.8, 4) is 6.07 Å². The van der Waals surface area contributed by atoms with Gasteiger partial charge < -0.3 is 4.90 Å². The third kappa shape index (κ3) is 2.71. The highest BCUT2D eigenvalue weighted by Crippen LogP contribution is 2.27. The Hall–Kier alpha value is -1.04. The smallest absolute Gasteiger partial charge is 0.226 e. The molecule has 0 N–H and O–H groups in total. The van der Waals surface area contributed by atoms with Crippen molar-refractivity contribution in [1.29, 1.82) is 5.26 Å². The maximum absolute atomic E-state index is 12.1. The molecule has 0 bridgehead atoms. The van der Waals surface area contributed by atoms with Gasteiger partial charge in [0.25, 0.3) is 0 Å². The molecule has 0 heterocycles. The fourth-order valence-corrected chi connectivity index (χ4v) is 1.97. The van der Waals surface area contributed by atoms with Gasteiger partial charge in [-0.25, -0.2) is 0 Å². The minimum absolute atomic E-state index is 0.140. The number of nitriles is 1. The van der Waals surface area contributed by atoms with Crippen LogP contribution >= 0.6 is 0 Å². The first-order valence-corrected chi connectivity index (χ1v) is 5.68. The van der Waals surface area contributed by atoms with Gasteiger partial charge in [-0.2, -0.15) is 5.26 Å². The fraction of sp³-hybridized carbons (Fsp3) is 0.833. The summed E-state index contributed by atoms with van der Waals surface area (Å²) in [5.41, 5.74) is -0.686. The zero-order valence-electron chi connectivity index (χ0n) is 9.92. The molecule has 1 aliphatic carbocycles. The minimum atomic E-state index is -0.686. The lowest BCUT2D eigenvalue weighted by atomic mass is 9.87. The molecule has 1 fully saturated rings. The lowest BCUT2D eigenvalue weighted by Gasteiger charge is -2.33. The van der Waals surface area contributed by atoms with E-state index >= 15 is 0 Å². The summed E-state index contributed by atoms with van der Waals surface area (Å²) in [6, 6.07) is 2.17. The van der Waals surface area contributed by atoms with Crippen LogP contribution < -0.4 is 0 Å². The zero-order valence-corrected chi connectivity index (χ0v) is 9.92. The van der Waals surface area contributed by atoms with Crippen LogP contribution in [-0.2, 0) is 4.79 Å². The Bertz CT molecular complexity index is 272. The van der Waals surface area contributed by atoms with Crippen LogP contribution in [0.3, 0.4) is 0 Å². The molecule has 0 atom stereocenters. The lowest BCUT2D eigenvalue weighted by Crippen LogP contribution is -2.46. The molecule has 3 heteroatoms. The summed E-state index contributed by atoms with van der Waals surface area (Å²) in [6.07, 6.45) is 5.53. The van der Waals surface area contributed by atoms with E-state index in [1.165, 1.54) is 6.42 Å². The molecular formula is C12H20N2O. The average molecular weight is 208 g/mol. The van der Waals surface area contributed by atoms with E-state index in [0.717, 1.165) is 25.7 Å². The highest BCUT2D eigenvalue weighted by atomic mass is 16.2. The second-order valence-electron chi connectivity index (χ2n) is 4.90. The molecule has 15 heavy (non-hydrogen) atoms. The van der Waals surface area contributed by atoms with E-state index in [-0.39, 0.29) is 11.8 Å². The van der Waals surface area contributed by atoms with Gasteiger partial charge in [0, 0.05) is 13.0 Å². The molecule has 1 saturated carbocycles. The van der Waals surface area contributed by atoms with Crippen molar-refractivity contribution in [2.24, 2.45) is 5.92 Å². The summed E-state index contributed by atoms with van der Waals surface area (Å²) in [6.45, 7) is 3.57. The summed E-state index contributed by atoms with van der Waals surface area (Å²) in [7, 11) is 1.74. The molecule has 0 aromatic rings. The van der Waals surface area contributed by atoms with E-state index in [1.54, 1.807) is 25.8 Å². The van der Waals surface area contributed by atoms with Gasteiger partial charge >= 0.3 is 0 Å². The quantitative estimate of drug-likeness (QED) is 0.699. The van der Waals surface area contributed by atoms with E-state index in [1.807, 2.05) is 0 Å². The van der Waals surface area contributed by atoms with E-state index in [4.69, 9.17) is 5.26 Å². The van der Waals surface area contributed by atoms with Gasteiger partial charge in [0.15, 0.2) is 0 Å². The monoisotopic (exact) mass is 208 g/mol. The second-order valence-corrected chi connectivity index (χ2v) is 4.90. The maximum atomic E-state index is 12.1. The Morgan fingerprint density at radius 1 is 1.33 bits per heavy atom. The normalized spacial score (nSPS) is 18.3. The van der Waals surface area contributed by atoms with Crippen LogP contribution in [-0.4, -0.2) is 23.4 Å². The molecule has 3 nitrogen and oxygen atoms in total. The first-order chi connectivity index (χ1) is 6.99. The SMILES string of the molecule is CN(C(=O)C1CCCCC1)C(C)(C)C#N. The number of rotatable bonds is 2. The zero-order chi connectivity index (χ0) is 11.5. The van der Waals surface area contributed by atoms with Crippen LogP contribution in [0.15, 0.2) is 0 Å². The topological polar surface area (TPSA) is 44.1 Å². The lowest BCUT2D eigenvalue weighted by molar-refractivity contribution is -0.138. The Morgan fingerprint density at radius 3 is 2.33 bits per heavy atom. The number of amides is 1. The number of hydrogen-bond donors (Lipinski definition) is 0. The predicted molar refractivity (Wildman–Crippen MR) is 59.0 cm³/mol. The Morgan fingerprint density at radius 2 is 1.87 bits per heavy atom. The Labute approximate surface area is 92.1 Å². The van der Waals surface area contributed by atoms with Crippen LogP contribution in [0, 0.1) is 17.2 Å². The maximum Gasteiger partial charge on any atom is 0.226 e. The van der Waals surface area contributed by atoms with Crippen molar-refractivity contribution < 1.29 is 4.79 Å². The molecule has 0 aliphatic heterocycles. The van der Waals surface area contributed by atoms with Gasteiger partial charge in [-0.05, 0) is 26.7 Å². The fourth-order valence-electron chi connectivity index (χ4n) is 1.97. The molecule has 0 spiro atoms. The Balaban J connectivity index is 2.63. The predicted octanol–water partition coefficient (Wildman–Crippen LogP) is 2.33. The van der Waals surface area contributed by atoms with Crippen molar-refractivity contribution in [2.75, 3.05) is 7.05 Å². The van der Waals surface area contributed by atoms with E-state index < -0.39 is 5.54 Å². The van der Waals surface area contributed by atoms with E-state index in [2.05, 4.69) is 6.07 Å². The standard InChI is InChI=1S/C12H20N2O/c1-12(2,9-13)14(3)11(15)10-7-5-4-6-8-10/h10H,4-8H2,1-3H3. The van der Waals surface area contributed by atoms with Crippen molar-refractivity contribution in [1.82, 2.24) is 4.90 Å². The summed E-state index contributed by atoms with van der Waals surface area (Å²) in [5, 5.41) is 8.97. The Kier molecular flexibility index (Phi) is 3.73. The van der Waals surface area contributed by atoms with Gasteiger partial charge in [0.05, 0.1) is 6.07 Å². The van der Waals surface area contributed by atoms with Gasteiger partial charge in [-0.1, -0.05) is 19.3 Å². The van der Waals surface area contributed by atoms with Crippen molar-refractivity contribution >= 4 is 5.91 Å². The highest BCUT2D eigenvalue weighted by molar-refractivity contribution is 5.79. The summed E-state index contributed by atoms with van der Waals surface area (Å²) in [5.74, 6) is 0.289. The molecular weight excluding hydrogens is 188 g/mol. The number of carbonyl (C=O) groups excluding carboxylic acids is 1. The minimum Gasteiger partial charge on any atom is -0.327 e. The summed E-state index contributed by atoms with van der Waals surface area (Å²) < 4.78 is 0. The van der Waals surface area contributed by atoms with Gasteiger partial charge in [-0.3, -0.25) is 4.79 Å². The molecule has 0 aromatic heterocycles. The molecule has 84 valence electrons. The van der Waals surface area contributed by atoms with Crippen molar-refractivity contribution in [2.45, 2.75) is 51.5 Å². The van der Waals surface area contributed by atoms with Crippen LogP contribution in [0.5, 0.6) is 0 Å². The highest BCUT2D eigenvalue weighted by Gasteiger charge is 2.32. The third-order valence-corrected chi connectivity index (χ3v) is 3.40. The van der Waals surface area contributed by atoms with Gasteiger partial charge in [-0.15, -0.1) is 0 Å². The first kappa shape index (κ1) is 12.0. The number of carbonyl (C=O) groups is 1. The largest absolute Gasteiger partial charge is 0.327 e. The molecule has 1 amide bonds. The summed E-state index contributed by atoms with van der Waals surface area (Å²) >= 11 is 0. The van der Waals surface area contributed by atoms with Crippen molar-refractivity contribution in [3.63, 3.8) is 0 Å². The average Bonchev–Trinajstić information content (AvgIpc) is 2.28. The first-order valence-electron chi connectivity index (χ1n) is 5.68.